The van der Waals surface area contributed by atoms with Gasteiger partial charge in [-0.15, -0.1) is 0 Å². The number of carbonyl (C=O) groups is 1. The Balaban J connectivity index is 1.76. The van der Waals surface area contributed by atoms with Crippen LogP contribution in [0.25, 0.3) is 10.9 Å². The summed E-state index contributed by atoms with van der Waals surface area (Å²) in [5, 5.41) is 9.92. The minimum absolute atomic E-state index is 0.0128. The Bertz CT molecular complexity index is 864. The van der Waals surface area contributed by atoms with Crippen LogP contribution in [-0.2, 0) is 17.8 Å². The SMILES string of the molecule is N#CCCN(Cc1cccnc1)C(=O)Cc1c[nH]c2ccccc12. The zero-order valence-electron chi connectivity index (χ0n) is 13.3. The van der Waals surface area contributed by atoms with Crippen molar-refractivity contribution in [3.8, 4) is 6.07 Å². The Hall–Kier alpha value is -3.13. The van der Waals surface area contributed by atoms with E-state index < -0.39 is 0 Å². The van der Waals surface area contributed by atoms with Crippen LogP contribution in [0.5, 0.6) is 0 Å². The highest BCUT2D eigenvalue weighted by Gasteiger charge is 2.16. The van der Waals surface area contributed by atoms with Crippen LogP contribution in [-0.4, -0.2) is 27.3 Å². The van der Waals surface area contributed by atoms with Crippen LogP contribution in [0.3, 0.4) is 0 Å². The molecule has 0 saturated carbocycles. The maximum Gasteiger partial charge on any atom is 0.227 e. The van der Waals surface area contributed by atoms with Gasteiger partial charge < -0.3 is 9.88 Å². The van der Waals surface area contributed by atoms with Crippen molar-refractivity contribution in [2.75, 3.05) is 6.54 Å². The summed E-state index contributed by atoms with van der Waals surface area (Å²) in [4.78, 5) is 21.7. The van der Waals surface area contributed by atoms with E-state index >= 15 is 0 Å². The molecule has 1 N–H and O–H groups in total. The number of para-hydroxylation sites is 1. The highest BCUT2D eigenvalue weighted by Crippen LogP contribution is 2.19. The molecule has 1 aromatic carbocycles. The quantitative estimate of drug-likeness (QED) is 0.759. The third kappa shape index (κ3) is 3.61. The van der Waals surface area contributed by atoms with Gasteiger partial charge in [0.25, 0.3) is 0 Å². The fourth-order valence-corrected chi connectivity index (χ4v) is 2.74. The van der Waals surface area contributed by atoms with Crippen molar-refractivity contribution >= 4 is 16.8 Å². The van der Waals surface area contributed by atoms with Gasteiger partial charge in [-0.2, -0.15) is 5.26 Å². The molecule has 3 rings (SSSR count). The van der Waals surface area contributed by atoms with Crippen molar-refractivity contribution in [2.24, 2.45) is 0 Å². The Kier molecular flexibility index (Phi) is 4.87. The molecule has 5 heteroatoms. The molecule has 0 unspecified atom stereocenters. The summed E-state index contributed by atoms with van der Waals surface area (Å²) in [7, 11) is 0. The molecule has 3 aromatic rings. The van der Waals surface area contributed by atoms with Gasteiger partial charge in [0.2, 0.25) is 5.91 Å². The molecule has 2 heterocycles. The van der Waals surface area contributed by atoms with Crippen LogP contribution in [0, 0.1) is 11.3 Å². The highest BCUT2D eigenvalue weighted by atomic mass is 16.2. The maximum atomic E-state index is 12.7. The number of pyridine rings is 1. The van der Waals surface area contributed by atoms with Crippen LogP contribution >= 0.6 is 0 Å². The maximum absolute atomic E-state index is 12.7. The largest absolute Gasteiger partial charge is 0.361 e. The van der Waals surface area contributed by atoms with Gasteiger partial charge in [0, 0.05) is 42.6 Å². The second kappa shape index (κ2) is 7.42. The fraction of sp³-hybridized carbons (Fsp3) is 0.211. The number of rotatable bonds is 6. The summed E-state index contributed by atoms with van der Waals surface area (Å²) >= 11 is 0. The van der Waals surface area contributed by atoms with E-state index in [1.165, 1.54) is 0 Å². The summed E-state index contributed by atoms with van der Waals surface area (Å²) in [5.41, 5.74) is 2.96. The van der Waals surface area contributed by atoms with Crippen molar-refractivity contribution in [3.63, 3.8) is 0 Å². The lowest BCUT2D eigenvalue weighted by molar-refractivity contribution is -0.131. The van der Waals surface area contributed by atoms with E-state index in [1.54, 1.807) is 17.3 Å². The van der Waals surface area contributed by atoms with E-state index in [-0.39, 0.29) is 5.91 Å². The number of carbonyl (C=O) groups excluding carboxylic acids is 1. The molecule has 0 spiro atoms. The van der Waals surface area contributed by atoms with Crippen LogP contribution in [0.2, 0.25) is 0 Å². The van der Waals surface area contributed by atoms with Crippen molar-refractivity contribution < 1.29 is 4.79 Å². The highest BCUT2D eigenvalue weighted by molar-refractivity contribution is 5.88. The van der Waals surface area contributed by atoms with Gasteiger partial charge in [-0.1, -0.05) is 24.3 Å². The zero-order valence-corrected chi connectivity index (χ0v) is 13.3. The fourth-order valence-electron chi connectivity index (χ4n) is 2.74. The molecule has 0 aliphatic rings. The number of hydrogen-bond donors (Lipinski definition) is 1. The van der Waals surface area contributed by atoms with Gasteiger partial charge in [0.15, 0.2) is 0 Å². The Labute approximate surface area is 140 Å². The van der Waals surface area contributed by atoms with Crippen LogP contribution in [0.15, 0.2) is 55.0 Å². The first kappa shape index (κ1) is 15.8. The molecule has 0 fully saturated rings. The number of aromatic amines is 1. The lowest BCUT2D eigenvalue weighted by atomic mass is 10.1. The Morgan fingerprint density at radius 3 is 2.92 bits per heavy atom. The number of benzene rings is 1. The monoisotopic (exact) mass is 318 g/mol. The van der Waals surface area contributed by atoms with Crippen LogP contribution < -0.4 is 0 Å². The van der Waals surface area contributed by atoms with Crippen LogP contribution in [0.1, 0.15) is 17.5 Å². The van der Waals surface area contributed by atoms with Gasteiger partial charge in [0.1, 0.15) is 0 Å². The van der Waals surface area contributed by atoms with E-state index in [0.717, 1.165) is 22.0 Å². The third-order valence-electron chi connectivity index (χ3n) is 3.96. The topological polar surface area (TPSA) is 72.8 Å². The standard InChI is InChI=1S/C19H18N4O/c20-8-4-10-23(14-15-5-3-9-21-12-15)19(24)11-16-13-22-18-7-2-1-6-17(16)18/h1-3,5-7,9,12-13,22H,4,10-11,14H2. The molecule has 120 valence electrons. The van der Waals surface area contributed by atoms with E-state index in [0.29, 0.717) is 25.9 Å². The molecule has 0 radical (unpaired) electrons. The average molecular weight is 318 g/mol. The van der Waals surface area contributed by atoms with E-state index in [4.69, 9.17) is 5.26 Å². The number of nitrogens with one attached hydrogen (secondary N) is 1. The van der Waals surface area contributed by atoms with Gasteiger partial charge in [0.05, 0.1) is 18.9 Å². The van der Waals surface area contributed by atoms with Crippen molar-refractivity contribution in [2.45, 2.75) is 19.4 Å². The smallest absolute Gasteiger partial charge is 0.227 e. The van der Waals surface area contributed by atoms with Crippen LogP contribution in [0.4, 0.5) is 0 Å². The normalized spacial score (nSPS) is 10.5. The van der Waals surface area contributed by atoms with Crippen molar-refractivity contribution in [1.29, 1.82) is 5.26 Å². The van der Waals surface area contributed by atoms with E-state index in [1.807, 2.05) is 42.6 Å². The van der Waals surface area contributed by atoms with Gasteiger partial charge in [-0.25, -0.2) is 0 Å². The Morgan fingerprint density at radius 2 is 2.12 bits per heavy atom. The predicted octanol–water partition coefficient (Wildman–Crippen LogP) is 3.05. The van der Waals surface area contributed by atoms with E-state index in [9.17, 15) is 4.79 Å². The minimum Gasteiger partial charge on any atom is -0.361 e. The number of nitrogens with zero attached hydrogens (tertiary/aromatic N) is 3. The lowest BCUT2D eigenvalue weighted by Gasteiger charge is -2.21. The number of fused-ring (bicyclic) bond motifs is 1. The number of aromatic nitrogens is 2. The molecule has 0 saturated heterocycles. The summed E-state index contributed by atoms with van der Waals surface area (Å²) in [6.45, 7) is 0.892. The Morgan fingerprint density at radius 1 is 1.25 bits per heavy atom. The molecule has 5 nitrogen and oxygen atoms in total. The molecule has 0 aliphatic heterocycles. The van der Waals surface area contributed by atoms with E-state index in [2.05, 4.69) is 16.0 Å². The predicted molar refractivity (Wildman–Crippen MR) is 91.9 cm³/mol. The van der Waals surface area contributed by atoms with Gasteiger partial charge >= 0.3 is 0 Å². The molecule has 24 heavy (non-hydrogen) atoms. The first-order chi connectivity index (χ1) is 11.8. The summed E-state index contributed by atoms with van der Waals surface area (Å²) < 4.78 is 0. The van der Waals surface area contributed by atoms with Crippen molar-refractivity contribution in [3.05, 3.63) is 66.1 Å². The lowest BCUT2D eigenvalue weighted by Crippen LogP contribution is -2.32. The second-order valence-electron chi connectivity index (χ2n) is 5.62. The first-order valence-corrected chi connectivity index (χ1v) is 7.86. The third-order valence-corrected chi connectivity index (χ3v) is 3.96. The number of nitriles is 1. The average Bonchev–Trinajstić information content (AvgIpc) is 3.02. The summed E-state index contributed by atoms with van der Waals surface area (Å²) in [6, 6.07) is 13.8. The molecular formula is C19H18N4O. The summed E-state index contributed by atoms with van der Waals surface area (Å²) in [6.07, 6.45) is 5.97. The molecule has 2 aromatic heterocycles. The number of amides is 1. The number of hydrogen-bond acceptors (Lipinski definition) is 3. The molecular weight excluding hydrogens is 300 g/mol. The first-order valence-electron chi connectivity index (χ1n) is 7.86. The minimum atomic E-state index is 0.0128. The molecule has 0 bridgehead atoms. The second-order valence-corrected chi connectivity index (χ2v) is 5.62. The molecule has 1 amide bonds. The molecule has 0 aliphatic carbocycles. The molecule has 0 atom stereocenters. The summed E-state index contributed by atoms with van der Waals surface area (Å²) in [5.74, 6) is 0.0128. The van der Waals surface area contributed by atoms with Gasteiger partial charge in [-0.05, 0) is 23.3 Å². The zero-order chi connectivity index (χ0) is 16.8. The number of H-pyrrole nitrogens is 1. The van der Waals surface area contributed by atoms with Gasteiger partial charge in [-0.3, -0.25) is 9.78 Å². The van der Waals surface area contributed by atoms with Crippen molar-refractivity contribution in [1.82, 2.24) is 14.9 Å².